The first-order chi connectivity index (χ1) is 5.20. The van der Waals surface area contributed by atoms with Gasteiger partial charge in [-0.3, -0.25) is 0 Å². The maximum absolute atomic E-state index is 2.26. The van der Waals surface area contributed by atoms with Gasteiger partial charge in [-0.1, -0.05) is 50.3 Å². The molecule has 0 aliphatic heterocycles. The van der Waals surface area contributed by atoms with Gasteiger partial charge in [0.2, 0.25) is 0 Å². The Morgan fingerprint density at radius 3 is 2.50 bits per heavy atom. The third-order valence-electron chi connectivity index (χ3n) is 2.33. The van der Waals surface area contributed by atoms with E-state index in [0.29, 0.717) is 0 Å². The molecule has 0 amide bonds. The van der Waals surface area contributed by atoms with Crippen molar-refractivity contribution in [2.24, 2.45) is 0 Å². The summed E-state index contributed by atoms with van der Waals surface area (Å²) in [5, 5.41) is 0. The second-order valence-corrected chi connectivity index (χ2v) is 3.64. The van der Waals surface area contributed by atoms with Crippen LogP contribution in [0.2, 0.25) is 0 Å². The third-order valence-corrected chi connectivity index (χ3v) is 2.33. The number of rotatable bonds is 0. The van der Waals surface area contributed by atoms with Crippen molar-refractivity contribution < 1.29 is 20.3 Å². The summed E-state index contributed by atoms with van der Waals surface area (Å²) < 4.78 is 0. The zero-order chi connectivity index (χ0) is 7.90. The molecular weight excluding hydrogens is 139 g/mol. The molecule has 1 heteroatoms. The Bertz CT molecular complexity index is 316. The molecule has 58 valence electrons. The first kappa shape index (κ1) is 9.64. The van der Waals surface area contributed by atoms with E-state index in [9.17, 15) is 0 Å². The van der Waals surface area contributed by atoms with Crippen LogP contribution in [-0.2, 0) is 5.41 Å². The van der Waals surface area contributed by atoms with E-state index in [1.807, 2.05) is 0 Å². The van der Waals surface area contributed by atoms with Crippen molar-refractivity contribution in [1.82, 2.24) is 0 Å². The monoisotopic (exact) mass is 152 g/mol. The summed E-state index contributed by atoms with van der Waals surface area (Å²) in [4.78, 5) is 0. The zero-order valence-corrected chi connectivity index (χ0v) is 7.96. The van der Waals surface area contributed by atoms with E-state index < -0.39 is 0 Å². The predicted molar refractivity (Wildman–Crippen MR) is 49.6 cm³/mol. The molecule has 1 aliphatic rings. The molecule has 0 aromatic heterocycles. The van der Waals surface area contributed by atoms with Crippen LogP contribution in [0, 0.1) is 0 Å². The van der Waals surface area contributed by atoms with Gasteiger partial charge < -0.3 is 1.43 Å². The van der Waals surface area contributed by atoms with Crippen molar-refractivity contribution in [1.29, 1.82) is 0 Å². The molecule has 0 saturated carbocycles. The van der Waals surface area contributed by atoms with Gasteiger partial charge >= 0.3 is 18.9 Å². The smallest absolute Gasteiger partial charge is 1.00 e. The van der Waals surface area contributed by atoms with Crippen molar-refractivity contribution in [2.75, 3.05) is 0 Å². The summed E-state index contributed by atoms with van der Waals surface area (Å²) in [6.07, 6.45) is 4.47. The average molecular weight is 152 g/mol. The maximum atomic E-state index is 2.26. The molecule has 0 N–H and O–H groups in total. The van der Waals surface area contributed by atoms with E-state index in [0.717, 1.165) is 0 Å². The predicted octanol–water partition coefficient (Wildman–Crippen LogP) is 0.107. The van der Waals surface area contributed by atoms with Crippen LogP contribution in [0.15, 0.2) is 30.3 Å². The fourth-order valence-electron chi connectivity index (χ4n) is 1.62. The third kappa shape index (κ3) is 1.38. The standard InChI is InChI=1S/C11H12.Li.H/c1-11(2)8-7-9-5-3-4-6-10(9)11;;/h3-8H,1-2H3;;/q;+1;-1. The summed E-state index contributed by atoms with van der Waals surface area (Å²) in [5.41, 5.74) is 3.06. The van der Waals surface area contributed by atoms with E-state index in [2.05, 4.69) is 50.3 Å². The first-order valence-corrected chi connectivity index (χ1v) is 3.99. The van der Waals surface area contributed by atoms with Crippen LogP contribution >= 0.6 is 0 Å². The Labute approximate surface area is 87.3 Å². The molecule has 1 aromatic rings. The van der Waals surface area contributed by atoms with Crippen LogP contribution in [-0.4, -0.2) is 0 Å². The SMILES string of the molecule is CC1(C)C=Cc2ccccc21.[H-].[Li+]. The topological polar surface area (TPSA) is 0 Å². The van der Waals surface area contributed by atoms with Gasteiger partial charge in [0.25, 0.3) is 0 Å². The normalized spacial score (nSPS) is 16.8. The van der Waals surface area contributed by atoms with Crippen LogP contribution in [0.4, 0.5) is 0 Å². The number of benzene rings is 1. The molecule has 1 aliphatic carbocycles. The summed E-state index contributed by atoms with van der Waals surface area (Å²) in [6, 6.07) is 8.56. The minimum absolute atomic E-state index is 0. The van der Waals surface area contributed by atoms with E-state index in [1.54, 1.807) is 0 Å². The molecular formula is C11H13Li. The fraction of sp³-hybridized carbons (Fsp3) is 0.273. The Morgan fingerprint density at radius 2 is 1.83 bits per heavy atom. The molecule has 2 rings (SSSR count). The van der Waals surface area contributed by atoms with Crippen LogP contribution in [0.5, 0.6) is 0 Å². The molecule has 12 heavy (non-hydrogen) atoms. The van der Waals surface area contributed by atoms with Gasteiger partial charge in [0, 0.05) is 5.41 Å². The van der Waals surface area contributed by atoms with Crippen molar-refractivity contribution in [3.63, 3.8) is 0 Å². The fourth-order valence-corrected chi connectivity index (χ4v) is 1.62. The van der Waals surface area contributed by atoms with Crippen molar-refractivity contribution in [2.45, 2.75) is 19.3 Å². The van der Waals surface area contributed by atoms with E-state index >= 15 is 0 Å². The Balaban J connectivity index is 0.000000720. The summed E-state index contributed by atoms with van der Waals surface area (Å²) in [5.74, 6) is 0. The van der Waals surface area contributed by atoms with Crippen molar-refractivity contribution in [3.05, 3.63) is 41.5 Å². The largest absolute Gasteiger partial charge is 1.00 e. The van der Waals surface area contributed by atoms with Gasteiger partial charge in [-0.15, -0.1) is 0 Å². The van der Waals surface area contributed by atoms with Crippen LogP contribution in [0.25, 0.3) is 6.08 Å². The molecule has 0 nitrogen and oxygen atoms in total. The number of allylic oxidation sites excluding steroid dienone is 1. The average Bonchev–Trinajstić information content (AvgIpc) is 2.29. The minimum atomic E-state index is 0. The first-order valence-electron chi connectivity index (χ1n) is 3.99. The van der Waals surface area contributed by atoms with Crippen molar-refractivity contribution >= 4 is 6.08 Å². The van der Waals surface area contributed by atoms with Crippen LogP contribution < -0.4 is 18.9 Å². The molecule has 0 spiro atoms. The number of fused-ring (bicyclic) bond motifs is 1. The molecule has 0 heterocycles. The van der Waals surface area contributed by atoms with Gasteiger partial charge in [-0.25, -0.2) is 0 Å². The Kier molecular flexibility index (Phi) is 2.51. The summed E-state index contributed by atoms with van der Waals surface area (Å²) >= 11 is 0. The Hall–Kier alpha value is -0.443. The molecule has 0 unspecified atom stereocenters. The Morgan fingerprint density at radius 1 is 1.17 bits per heavy atom. The van der Waals surface area contributed by atoms with Gasteiger partial charge in [-0.2, -0.15) is 0 Å². The summed E-state index contributed by atoms with van der Waals surface area (Å²) in [6.45, 7) is 4.49. The summed E-state index contributed by atoms with van der Waals surface area (Å²) in [7, 11) is 0. The molecule has 0 atom stereocenters. The van der Waals surface area contributed by atoms with Crippen molar-refractivity contribution in [3.8, 4) is 0 Å². The van der Waals surface area contributed by atoms with E-state index in [-0.39, 0.29) is 25.7 Å². The van der Waals surface area contributed by atoms with E-state index in [1.165, 1.54) is 11.1 Å². The second kappa shape index (κ2) is 3.13. The number of hydrogen-bond acceptors (Lipinski definition) is 0. The second-order valence-electron chi connectivity index (χ2n) is 3.64. The van der Waals surface area contributed by atoms with Gasteiger partial charge in [-0.05, 0) is 11.1 Å². The van der Waals surface area contributed by atoms with E-state index in [4.69, 9.17) is 0 Å². The van der Waals surface area contributed by atoms with Gasteiger partial charge in [0.05, 0.1) is 0 Å². The molecule has 0 radical (unpaired) electrons. The zero-order valence-electron chi connectivity index (χ0n) is 8.96. The molecule has 0 saturated heterocycles. The molecule has 1 aromatic carbocycles. The molecule has 0 bridgehead atoms. The van der Waals surface area contributed by atoms with Crippen LogP contribution in [0.1, 0.15) is 26.4 Å². The quantitative estimate of drug-likeness (QED) is 0.463. The maximum Gasteiger partial charge on any atom is 1.00 e. The van der Waals surface area contributed by atoms with Gasteiger partial charge in [0.1, 0.15) is 0 Å². The molecule has 0 fully saturated rings. The van der Waals surface area contributed by atoms with Gasteiger partial charge in [0.15, 0.2) is 0 Å². The minimum Gasteiger partial charge on any atom is -1.00 e. The number of hydrogen-bond donors (Lipinski definition) is 0. The van der Waals surface area contributed by atoms with Crippen LogP contribution in [0.3, 0.4) is 0 Å².